The molecule has 1 unspecified atom stereocenters. The highest BCUT2D eigenvalue weighted by molar-refractivity contribution is 5.71. The molecule has 0 bridgehead atoms. The Morgan fingerprint density at radius 2 is 0.494 bits per heavy atom. The van der Waals surface area contributed by atoms with Crippen LogP contribution < -0.4 is 0 Å². The molecule has 1 atom stereocenters. The second kappa shape index (κ2) is 67.1. The summed E-state index contributed by atoms with van der Waals surface area (Å²) in [6.45, 7) is 6.55. The van der Waals surface area contributed by atoms with Crippen LogP contribution in [0, 0.1) is 0 Å². The van der Waals surface area contributed by atoms with Gasteiger partial charge in [-0.05, 0) is 96.3 Å². The zero-order chi connectivity index (χ0) is 57.1. The summed E-state index contributed by atoms with van der Waals surface area (Å²) in [4.78, 5) is 38.4. The fraction of sp³-hybridized carbons (Fsp3) is 0.767. The van der Waals surface area contributed by atoms with Gasteiger partial charge < -0.3 is 14.2 Å². The van der Waals surface area contributed by atoms with Crippen LogP contribution in [0.15, 0.2) is 85.1 Å². The van der Waals surface area contributed by atoms with Crippen LogP contribution in [0.1, 0.15) is 342 Å². The highest BCUT2D eigenvalue weighted by atomic mass is 16.6. The Balaban J connectivity index is 4.31. The van der Waals surface area contributed by atoms with E-state index in [2.05, 4.69) is 106 Å². The predicted molar refractivity (Wildman–Crippen MR) is 344 cm³/mol. The number of hydrogen-bond donors (Lipinski definition) is 0. The highest BCUT2D eigenvalue weighted by Crippen LogP contribution is 2.17. The molecule has 0 saturated heterocycles. The van der Waals surface area contributed by atoms with Crippen molar-refractivity contribution >= 4 is 17.9 Å². The quantitative estimate of drug-likeness (QED) is 0.0261. The average molecular weight is 1100 g/mol. The molecule has 0 aromatic rings. The van der Waals surface area contributed by atoms with Crippen molar-refractivity contribution in [2.45, 2.75) is 348 Å². The molecule has 0 saturated carbocycles. The molecule has 79 heavy (non-hydrogen) atoms. The van der Waals surface area contributed by atoms with Gasteiger partial charge in [-0.3, -0.25) is 14.4 Å². The second-order valence-electron chi connectivity index (χ2n) is 22.7. The molecule has 0 aliphatic rings. The van der Waals surface area contributed by atoms with Gasteiger partial charge in [0.05, 0.1) is 0 Å². The van der Waals surface area contributed by atoms with Crippen molar-refractivity contribution in [3.63, 3.8) is 0 Å². The first-order valence-electron chi connectivity index (χ1n) is 34.1. The molecule has 0 rings (SSSR count). The topological polar surface area (TPSA) is 78.9 Å². The molecule has 0 N–H and O–H groups in total. The molecule has 0 amide bonds. The van der Waals surface area contributed by atoms with Crippen LogP contribution in [0.25, 0.3) is 0 Å². The summed E-state index contributed by atoms with van der Waals surface area (Å²) >= 11 is 0. The summed E-state index contributed by atoms with van der Waals surface area (Å²) in [5, 5.41) is 0. The summed E-state index contributed by atoms with van der Waals surface area (Å²) in [6, 6.07) is 0. The number of ether oxygens (including phenoxy) is 3. The van der Waals surface area contributed by atoms with Crippen LogP contribution in [0.3, 0.4) is 0 Å². The maximum absolute atomic E-state index is 12.9. The molecule has 456 valence electrons. The zero-order valence-corrected chi connectivity index (χ0v) is 52.4. The normalized spacial score (nSPS) is 12.6. The standard InChI is InChI=1S/C73H128O6/c1-4-7-10-13-16-19-22-25-27-29-31-33-35-36-38-39-41-43-45-48-51-54-57-60-63-66-72(75)78-69-70(68-77-71(74)65-62-59-56-53-50-47-24-21-18-15-12-9-6-3)79-73(76)67-64-61-58-55-52-49-46-44-42-40-37-34-32-30-28-26-23-20-17-14-11-8-5-2/h8,11,17,20,22,25-26,28-29,31-32,34,40,42,70H,4-7,9-10,12-16,18-19,21,23-24,27,30,33,35-39,41,43-69H2,1-3H3/b11-8-,20-17-,25-22-,28-26-,31-29-,34-32-,42-40-. The van der Waals surface area contributed by atoms with E-state index in [0.29, 0.717) is 19.3 Å². The summed E-state index contributed by atoms with van der Waals surface area (Å²) < 4.78 is 17.0. The first-order chi connectivity index (χ1) is 39.0. The first-order valence-corrected chi connectivity index (χ1v) is 34.1. The molecule has 0 aliphatic heterocycles. The number of esters is 3. The van der Waals surface area contributed by atoms with Crippen LogP contribution in [0.2, 0.25) is 0 Å². The fourth-order valence-corrected chi connectivity index (χ4v) is 9.80. The van der Waals surface area contributed by atoms with Gasteiger partial charge in [0, 0.05) is 19.3 Å². The lowest BCUT2D eigenvalue weighted by atomic mass is 10.0. The maximum Gasteiger partial charge on any atom is 0.306 e. The molecule has 6 nitrogen and oxygen atoms in total. The van der Waals surface area contributed by atoms with Crippen molar-refractivity contribution in [1.29, 1.82) is 0 Å². The van der Waals surface area contributed by atoms with Gasteiger partial charge in [-0.2, -0.15) is 0 Å². The van der Waals surface area contributed by atoms with Crippen molar-refractivity contribution in [3.8, 4) is 0 Å². The van der Waals surface area contributed by atoms with E-state index in [9.17, 15) is 14.4 Å². The molecule has 0 heterocycles. The van der Waals surface area contributed by atoms with Crippen LogP contribution >= 0.6 is 0 Å². The van der Waals surface area contributed by atoms with Crippen molar-refractivity contribution in [2.75, 3.05) is 13.2 Å². The van der Waals surface area contributed by atoms with E-state index in [0.717, 1.165) is 103 Å². The smallest absolute Gasteiger partial charge is 0.306 e. The summed E-state index contributed by atoms with van der Waals surface area (Å²) in [5.41, 5.74) is 0. The molecule has 0 aromatic heterocycles. The Morgan fingerprint density at radius 3 is 0.772 bits per heavy atom. The van der Waals surface area contributed by atoms with Gasteiger partial charge >= 0.3 is 17.9 Å². The van der Waals surface area contributed by atoms with E-state index >= 15 is 0 Å². The molecule has 6 heteroatoms. The minimum absolute atomic E-state index is 0.0778. The van der Waals surface area contributed by atoms with Gasteiger partial charge in [-0.25, -0.2) is 0 Å². The Bertz CT molecular complexity index is 1500. The van der Waals surface area contributed by atoms with Gasteiger partial charge in [-0.1, -0.05) is 311 Å². The second-order valence-corrected chi connectivity index (χ2v) is 22.7. The van der Waals surface area contributed by atoms with Crippen LogP contribution in [-0.2, 0) is 28.6 Å². The van der Waals surface area contributed by atoms with Crippen molar-refractivity contribution in [2.24, 2.45) is 0 Å². The number of hydrogen-bond acceptors (Lipinski definition) is 6. The Labute approximate surface area is 490 Å². The molecular weight excluding hydrogens is 973 g/mol. The predicted octanol–water partition coefficient (Wildman–Crippen LogP) is 23.4. The van der Waals surface area contributed by atoms with E-state index in [1.165, 1.54) is 199 Å². The lowest BCUT2D eigenvalue weighted by molar-refractivity contribution is -0.167. The average Bonchev–Trinajstić information content (AvgIpc) is 3.45. The number of rotatable bonds is 62. The summed E-state index contributed by atoms with van der Waals surface area (Å²) in [7, 11) is 0. The SMILES string of the molecule is CC/C=C\C/C=C\C/C=C\C/C=C\C/C=C\CCCCCCCCCC(=O)OC(COC(=O)CCCCCCCCCCCCCCC)COC(=O)CCCCCCCCCCCCCCC/C=C\C/C=C\CCCCCCC. The molecule has 0 aliphatic carbocycles. The monoisotopic (exact) mass is 1100 g/mol. The third-order valence-electron chi connectivity index (χ3n) is 14.9. The fourth-order valence-electron chi connectivity index (χ4n) is 9.80. The van der Waals surface area contributed by atoms with Gasteiger partial charge in [-0.15, -0.1) is 0 Å². The Morgan fingerprint density at radius 1 is 0.266 bits per heavy atom. The summed E-state index contributed by atoms with van der Waals surface area (Å²) in [6.07, 6.45) is 88.8. The van der Waals surface area contributed by atoms with E-state index in [4.69, 9.17) is 14.2 Å². The molecule has 0 spiro atoms. The van der Waals surface area contributed by atoms with E-state index < -0.39 is 6.10 Å². The van der Waals surface area contributed by atoms with E-state index in [-0.39, 0.29) is 31.1 Å². The van der Waals surface area contributed by atoms with Gasteiger partial charge in [0.1, 0.15) is 13.2 Å². The van der Waals surface area contributed by atoms with Crippen LogP contribution in [0.4, 0.5) is 0 Å². The molecule has 0 fully saturated rings. The Kier molecular flexibility index (Phi) is 64.2. The van der Waals surface area contributed by atoms with Gasteiger partial charge in [0.25, 0.3) is 0 Å². The minimum atomic E-state index is -0.783. The number of unbranched alkanes of at least 4 members (excludes halogenated alkanes) is 37. The maximum atomic E-state index is 12.9. The largest absolute Gasteiger partial charge is 0.462 e. The van der Waals surface area contributed by atoms with E-state index in [1.807, 2.05) is 0 Å². The molecular formula is C73H128O6. The lowest BCUT2D eigenvalue weighted by Gasteiger charge is -2.18. The lowest BCUT2D eigenvalue weighted by Crippen LogP contribution is -2.30. The zero-order valence-electron chi connectivity index (χ0n) is 52.4. The third kappa shape index (κ3) is 65.3. The minimum Gasteiger partial charge on any atom is -0.462 e. The van der Waals surface area contributed by atoms with Gasteiger partial charge in [0.2, 0.25) is 0 Å². The van der Waals surface area contributed by atoms with Crippen molar-refractivity contribution < 1.29 is 28.6 Å². The Hall–Kier alpha value is -3.41. The number of carbonyl (C=O) groups is 3. The van der Waals surface area contributed by atoms with Crippen molar-refractivity contribution in [3.05, 3.63) is 85.1 Å². The summed E-state index contributed by atoms with van der Waals surface area (Å²) in [5.74, 6) is -0.873. The highest BCUT2D eigenvalue weighted by Gasteiger charge is 2.19. The van der Waals surface area contributed by atoms with E-state index in [1.54, 1.807) is 0 Å². The third-order valence-corrected chi connectivity index (χ3v) is 14.9. The number of carbonyl (C=O) groups excluding carboxylic acids is 3. The van der Waals surface area contributed by atoms with Crippen molar-refractivity contribution in [1.82, 2.24) is 0 Å². The first kappa shape index (κ1) is 75.6. The molecule has 0 aromatic carbocycles. The van der Waals surface area contributed by atoms with Gasteiger partial charge in [0.15, 0.2) is 6.10 Å². The molecule has 0 radical (unpaired) electrons. The number of allylic oxidation sites excluding steroid dienone is 14. The van der Waals surface area contributed by atoms with Crippen LogP contribution in [0.5, 0.6) is 0 Å². The van der Waals surface area contributed by atoms with Crippen LogP contribution in [-0.4, -0.2) is 37.2 Å².